The Morgan fingerprint density at radius 1 is 1.32 bits per heavy atom. The summed E-state index contributed by atoms with van der Waals surface area (Å²) in [7, 11) is -3.42. The number of nitrogens with one attached hydrogen (secondary N) is 1. The highest BCUT2D eigenvalue weighted by Crippen LogP contribution is 2.27. The third kappa shape index (κ3) is 2.98. The van der Waals surface area contributed by atoms with Crippen LogP contribution in [0.1, 0.15) is 31.2 Å². The Morgan fingerprint density at radius 3 is 2.58 bits per heavy atom. The van der Waals surface area contributed by atoms with Gasteiger partial charge in [0.1, 0.15) is 0 Å². The van der Waals surface area contributed by atoms with Crippen molar-refractivity contribution in [2.24, 2.45) is 10.9 Å². The van der Waals surface area contributed by atoms with E-state index in [2.05, 4.69) is 9.88 Å². The molecule has 0 aromatic heterocycles. The zero-order valence-corrected chi connectivity index (χ0v) is 11.2. The summed E-state index contributed by atoms with van der Waals surface area (Å²) < 4.78 is 27.0. The predicted molar refractivity (Wildman–Crippen MR) is 73.8 cm³/mol. The summed E-state index contributed by atoms with van der Waals surface area (Å²) in [5.41, 5.74) is 6.24. The molecule has 0 unspecified atom stereocenters. The molecule has 6 nitrogen and oxygen atoms in total. The molecule has 0 amide bonds. The van der Waals surface area contributed by atoms with Crippen LogP contribution in [0.4, 0.5) is 5.69 Å². The first-order valence-corrected chi connectivity index (χ1v) is 7.68. The Labute approximate surface area is 112 Å². The molecule has 0 heterocycles. The van der Waals surface area contributed by atoms with Crippen LogP contribution in [0.5, 0.6) is 0 Å². The zero-order chi connectivity index (χ0) is 13.9. The molecule has 0 radical (unpaired) electrons. The zero-order valence-electron chi connectivity index (χ0n) is 10.4. The SMILES string of the molecule is N/C(=N/O)c1ccccc1NS(=O)(=O)C1CCCC1. The monoisotopic (exact) mass is 283 g/mol. The number of hydrogen-bond donors (Lipinski definition) is 3. The molecule has 7 heteroatoms. The van der Waals surface area contributed by atoms with Crippen molar-refractivity contribution in [3.05, 3.63) is 29.8 Å². The molecule has 1 aliphatic carbocycles. The highest BCUT2D eigenvalue weighted by Gasteiger charge is 2.29. The van der Waals surface area contributed by atoms with Gasteiger partial charge in [-0.25, -0.2) is 8.42 Å². The van der Waals surface area contributed by atoms with Gasteiger partial charge in [0.2, 0.25) is 10.0 Å². The van der Waals surface area contributed by atoms with Gasteiger partial charge in [-0.05, 0) is 25.0 Å². The quantitative estimate of drug-likeness (QED) is 0.337. The summed E-state index contributed by atoms with van der Waals surface area (Å²) in [6.45, 7) is 0. The van der Waals surface area contributed by atoms with Crippen molar-refractivity contribution in [3.8, 4) is 0 Å². The molecular formula is C12H17N3O3S. The van der Waals surface area contributed by atoms with Gasteiger partial charge >= 0.3 is 0 Å². The molecule has 0 aliphatic heterocycles. The van der Waals surface area contributed by atoms with Crippen LogP contribution in [0.25, 0.3) is 0 Å². The number of nitrogens with two attached hydrogens (primary N) is 1. The number of benzene rings is 1. The van der Waals surface area contributed by atoms with Crippen LogP contribution in [-0.4, -0.2) is 24.7 Å². The molecular weight excluding hydrogens is 266 g/mol. The Hall–Kier alpha value is -1.76. The van der Waals surface area contributed by atoms with Crippen molar-refractivity contribution in [1.29, 1.82) is 0 Å². The Morgan fingerprint density at radius 2 is 1.95 bits per heavy atom. The molecule has 1 aromatic rings. The Balaban J connectivity index is 2.28. The molecule has 2 rings (SSSR count). The summed E-state index contributed by atoms with van der Waals surface area (Å²) in [5, 5.41) is 11.3. The second-order valence-electron chi connectivity index (χ2n) is 4.58. The first-order chi connectivity index (χ1) is 9.04. The van der Waals surface area contributed by atoms with Crippen LogP contribution in [0.2, 0.25) is 0 Å². The molecule has 0 atom stereocenters. The molecule has 0 spiro atoms. The van der Waals surface area contributed by atoms with Gasteiger partial charge in [-0.2, -0.15) is 0 Å². The lowest BCUT2D eigenvalue weighted by Gasteiger charge is -2.15. The minimum absolute atomic E-state index is 0.121. The van der Waals surface area contributed by atoms with Crippen molar-refractivity contribution in [1.82, 2.24) is 0 Å². The van der Waals surface area contributed by atoms with Crippen LogP contribution >= 0.6 is 0 Å². The largest absolute Gasteiger partial charge is 0.409 e. The van der Waals surface area contributed by atoms with Crippen molar-refractivity contribution < 1.29 is 13.6 Å². The average molecular weight is 283 g/mol. The molecule has 1 aromatic carbocycles. The standard InChI is InChI=1S/C12H17N3O3S/c13-12(14-16)10-7-3-4-8-11(10)15-19(17,18)9-5-1-2-6-9/h3-4,7-9,15-16H,1-2,5-6H2,(H2,13,14). The van der Waals surface area contributed by atoms with E-state index in [1.54, 1.807) is 24.3 Å². The normalized spacial score (nSPS) is 17.6. The number of sulfonamides is 1. The summed E-state index contributed by atoms with van der Waals surface area (Å²) in [5.74, 6) is -0.121. The Kier molecular flexibility index (Phi) is 3.94. The molecule has 0 bridgehead atoms. The summed E-state index contributed by atoms with van der Waals surface area (Å²) in [6.07, 6.45) is 3.24. The number of rotatable bonds is 4. The van der Waals surface area contributed by atoms with Gasteiger partial charge in [0.05, 0.1) is 10.9 Å². The number of amidine groups is 1. The van der Waals surface area contributed by atoms with Gasteiger partial charge in [-0.15, -0.1) is 0 Å². The van der Waals surface area contributed by atoms with E-state index in [0.717, 1.165) is 12.8 Å². The lowest BCUT2D eigenvalue weighted by Crippen LogP contribution is -2.27. The van der Waals surface area contributed by atoms with E-state index in [9.17, 15) is 8.42 Å². The second-order valence-corrected chi connectivity index (χ2v) is 6.55. The van der Waals surface area contributed by atoms with Gasteiger partial charge in [0, 0.05) is 5.56 Å². The lowest BCUT2D eigenvalue weighted by molar-refractivity contribution is 0.318. The summed E-state index contributed by atoms with van der Waals surface area (Å²) in [4.78, 5) is 0. The highest BCUT2D eigenvalue weighted by molar-refractivity contribution is 7.93. The van der Waals surface area contributed by atoms with Crippen molar-refractivity contribution in [3.63, 3.8) is 0 Å². The number of oxime groups is 1. The van der Waals surface area contributed by atoms with Crippen LogP contribution in [-0.2, 0) is 10.0 Å². The molecule has 1 saturated carbocycles. The molecule has 1 fully saturated rings. The van der Waals surface area contributed by atoms with E-state index >= 15 is 0 Å². The van der Waals surface area contributed by atoms with E-state index in [-0.39, 0.29) is 11.1 Å². The van der Waals surface area contributed by atoms with Gasteiger partial charge in [0.15, 0.2) is 5.84 Å². The van der Waals surface area contributed by atoms with E-state index in [4.69, 9.17) is 10.9 Å². The number of hydrogen-bond acceptors (Lipinski definition) is 4. The molecule has 19 heavy (non-hydrogen) atoms. The van der Waals surface area contributed by atoms with Crippen LogP contribution in [0, 0.1) is 0 Å². The fraction of sp³-hybridized carbons (Fsp3) is 0.417. The topological polar surface area (TPSA) is 105 Å². The van der Waals surface area contributed by atoms with Gasteiger partial charge in [-0.1, -0.05) is 30.1 Å². The number of nitrogens with zero attached hydrogens (tertiary/aromatic N) is 1. The average Bonchev–Trinajstić information content (AvgIpc) is 2.93. The van der Waals surface area contributed by atoms with Crippen LogP contribution in [0.3, 0.4) is 0 Å². The van der Waals surface area contributed by atoms with E-state index in [1.807, 2.05) is 0 Å². The highest BCUT2D eigenvalue weighted by atomic mass is 32.2. The predicted octanol–water partition coefficient (Wildman–Crippen LogP) is 1.47. The lowest BCUT2D eigenvalue weighted by atomic mass is 10.2. The van der Waals surface area contributed by atoms with E-state index < -0.39 is 10.0 Å². The van der Waals surface area contributed by atoms with Crippen LogP contribution in [0.15, 0.2) is 29.4 Å². The fourth-order valence-electron chi connectivity index (χ4n) is 2.28. The Bertz CT molecular complexity index is 578. The maximum atomic E-state index is 12.2. The second kappa shape index (κ2) is 5.48. The van der Waals surface area contributed by atoms with Gasteiger partial charge in [0.25, 0.3) is 0 Å². The third-order valence-corrected chi connectivity index (χ3v) is 5.16. The van der Waals surface area contributed by atoms with Crippen molar-refractivity contribution in [2.75, 3.05) is 4.72 Å². The molecule has 104 valence electrons. The first-order valence-electron chi connectivity index (χ1n) is 6.13. The molecule has 4 N–H and O–H groups in total. The van der Waals surface area contributed by atoms with E-state index in [1.165, 1.54) is 0 Å². The first kappa shape index (κ1) is 13.7. The van der Waals surface area contributed by atoms with Gasteiger partial charge in [-0.3, -0.25) is 4.72 Å². The van der Waals surface area contributed by atoms with Crippen molar-refractivity contribution >= 4 is 21.5 Å². The number of para-hydroxylation sites is 1. The minimum atomic E-state index is -3.42. The maximum absolute atomic E-state index is 12.2. The summed E-state index contributed by atoms with van der Waals surface area (Å²) in [6, 6.07) is 6.59. The minimum Gasteiger partial charge on any atom is -0.409 e. The van der Waals surface area contributed by atoms with E-state index in [0.29, 0.717) is 24.1 Å². The molecule has 0 saturated heterocycles. The molecule has 1 aliphatic rings. The van der Waals surface area contributed by atoms with Gasteiger partial charge < -0.3 is 10.9 Å². The smallest absolute Gasteiger partial charge is 0.235 e. The third-order valence-electron chi connectivity index (χ3n) is 3.30. The van der Waals surface area contributed by atoms with Crippen LogP contribution < -0.4 is 10.5 Å². The number of anilines is 1. The van der Waals surface area contributed by atoms with Crippen molar-refractivity contribution in [2.45, 2.75) is 30.9 Å². The maximum Gasteiger partial charge on any atom is 0.235 e. The fourth-order valence-corrected chi connectivity index (χ4v) is 3.89. The summed E-state index contributed by atoms with van der Waals surface area (Å²) >= 11 is 0.